The Morgan fingerprint density at radius 2 is 2.10 bits per heavy atom. The lowest BCUT2D eigenvalue weighted by atomic mass is 9.89. The van der Waals surface area contributed by atoms with E-state index >= 15 is 0 Å². The van der Waals surface area contributed by atoms with Gasteiger partial charge in [0.05, 0.1) is 0 Å². The van der Waals surface area contributed by atoms with Gasteiger partial charge in [0.15, 0.2) is 0 Å². The minimum absolute atomic E-state index is 0.295. The molecule has 0 amide bonds. The van der Waals surface area contributed by atoms with Gasteiger partial charge >= 0.3 is 0 Å². The summed E-state index contributed by atoms with van der Waals surface area (Å²) in [6, 6.07) is 7.41. The molecule has 3 rings (SSSR count). The van der Waals surface area contributed by atoms with E-state index in [1.165, 1.54) is 35.0 Å². The molecular formula is C18H27BrN2. The van der Waals surface area contributed by atoms with Crippen molar-refractivity contribution in [2.24, 2.45) is 5.92 Å². The zero-order valence-electron chi connectivity index (χ0n) is 13.5. The van der Waals surface area contributed by atoms with E-state index in [2.05, 4.69) is 65.1 Å². The molecule has 2 atom stereocenters. The van der Waals surface area contributed by atoms with Crippen LogP contribution in [0.3, 0.4) is 0 Å². The standard InChI is InChI=1S/C18H27BrN2/c1-4-13-10-15(19)8-9-17(13)21-12-18(3,14-6-7-14)20-11-16(21)5-2/h8-10,14,16,20H,4-7,11-12H2,1-3H3. The summed E-state index contributed by atoms with van der Waals surface area (Å²) >= 11 is 3.62. The number of halogens is 1. The van der Waals surface area contributed by atoms with Gasteiger partial charge < -0.3 is 10.2 Å². The highest BCUT2D eigenvalue weighted by Crippen LogP contribution is 2.42. The molecule has 1 aliphatic heterocycles. The van der Waals surface area contributed by atoms with Gasteiger partial charge in [0, 0.05) is 34.8 Å². The normalized spacial score (nSPS) is 29.7. The lowest BCUT2D eigenvalue weighted by molar-refractivity contribution is 0.252. The number of hydrogen-bond acceptors (Lipinski definition) is 2. The molecule has 1 saturated heterocycles. The lowest BCUT2D eigenvalue weighted by Gasteiger charge is -2.48. The molecule has 3 heteroatoms. The fourth-order valence-electron chi connectivity index (χ4n) is 3.76. The molecule has 116 valence electrons. The molecule has 2 aliphatic rings. The molecule has 2 fully saturated rings. The second-order valence-corrected chi connectivity index (χ2v) is 7.80. The number of nitrogens with one attached hydrogen (secondary N) is 1. The lowest BCUT2D eigenvalue weighted by Crippen LogP contribution is -2.64. The highest BCUT2D eigenvalue weighted by atomic mass is 79.9. The Morgan fingerprint density at radius 3 is 2.71 bits per heavy atom. The molecule has 1 heterocycles. The van der Waals surface area contributed by atoms with Crippen molar-refractivity contribution in [1.29, 1.82) is 0 Å². The average Bonchev–Trinajstić information content (AvgIpc) is 3.32. The zero-order chi connectivity index (χ0) is 15.0. The molecule has 0 aromatic heterocycles. The number of aryl methyl sites for hydroxylation is 1. The van der Waals surface area contributed by atoms with E-state index in [1.54, 1.807) is 0 Å². The topological polar surface area (TPSA) is 15.3 Å². The van der Waals surface area contributed by atoms with Gasteiger partial charge in [0.25, 0.3) is 0 Å². The number of nitrogens with zero attached hydrogens (tertiary/aromatic N) is 1. The number of benzene rings is 1. The first-order valence-electron chi connectivity index (χ1n) is 8.37. The van der Waals surface area contributed by atoms with E-state index in [0.717, 1.165) is 25.4 Å². The number of anilines is 1. The fraction of sp³-hybridized carbons (Fsp3) is 0.667. The minimum Gasteiger partial charge on any atom is -0.365 e. The van der Waals surface area contributed by atoms with E-state index in [9.17, 15) is 0 Å². The fourth-order valence-corrected chi connectivity index (χ4v) is 4.17. The highest BCUT2D eigenvalue weighted by molar-refractivity contribution is 9.10. The first-order chi connectivity index (χ1) is 10.1. The van der Waals surface area contributed by atoms with Crippen LogP contribution in [0.2, 0.25) is 0 Å². The second-order valence-electron chi connectivity index (χ2n) is 6.89. The monoisotopic (exact) mass is 350 g/mol. The first kappa shape index (κ1) is 15.4. The van der Waals surface area contributed by atoms with Crippen LogP contribution in [-0.2, 0) is 6.42 Å². The van der Waals surface area contributed by atoms with Gasteiger partial charge in [-0.25, -0.2) is 0 Å². The second kappa shape index (κ2) is 5.92. The molecule has 0 spiro atoms. The SMILES string of the molecule is CCc1cc(Br)ccc1N1CC(C)(C2CC2)NCC1CC. The van der Waals surface area contributed by atoms with Crippen molar-refractivity contribution < 1.29 is 0 Å². The van der Waals surface area contributed by atoms with Crippen LogP contribution in [0.15, 0.2) is 22.7 Å². The van der Waals surface area contributed by atoms with Crippen LogP contribution in [0.5, 0.6) is 0 Å². The Balaban J connectivity index is 1.92. The van der Waals surface area contributed by atoms with Gasteiger partial charge in [-0.2, -0.15) is 0 Å². The van der Waals surface area contributed by atoms with Crippen molar-refractivity contribution in [3.63, 3.8) is 0 Å². The maximum Gasteiger partial charge on any atom is 0.0413 e. The van der Waals surface area contributed by atoms with Gasteiger partial charge in [-0.05, 0) is 62.3 Å². The molecule has 1 aromatic carbocycles. The highest BCUT2D eigenvalue weighted by Gasteiger charge is 2.46. The molecule has 1 saturated carbocycles. The molecule has 2 unspecified atom stereocenters. The molecule has 1 aliphatic carbocycles. The van der Waals surface area contributed by atoms with Crippen LogP contribution in [0.25, 0.3) is 0 Å². The van der Waals surface area contributed by atoms with Crippen molar-refractivity contribution in [1.82, 2.24) is 5.32 Å². The third kappa shape index (κ3) is 3.00. The third-order valence-electron chi connectivity index (χ3n) is 5.36. The Bertz CT molecular complexity index is 512. The predicted octanol–water partition coefficient (Wildman–Crippen LogP) is 4.37. The van der Waals surface area contributed by atoms with Gasteiger partial charge in [-0.15, -0.1) is 0 Å². The van der Waals surface area contributed by atoms with E-state index in [1.807, 2.05) is 0 Å². The van der Waals surface area contributed by atoms with Crippen molar-refractivity contribution in [3.8, 4) is 0 Å². The van der Waals surface area contributed by atoms with Crippen LogP contribution in [0, 0.1) is 5.92 Å². The van der Waals surface area contributed by atoms with Crippen LogP contribution >= 0.6 is 15.9 Å². The van der Waals surface area contributed by atoms with Crippen LogP contribution < -0.4 is 10.2 Å². The summed E-state index contributed by atoms with van der Waals surface area (Å²) in [5.41, 5.74) is 3.20. The molecule has 21 heavy (non-hydrogen) atoms. The van der Waals surface area contributed by atoms with Gasteiger partial charge in [0.1, 0.15) is 0 Å². The maximum absolute atomic E-state index is 3.86. The Kier molecular flexibility index (Phi) is 4.33. The Morgan fingerprint density at radius 1 is 1.33 bits per heavy atom. The predicted molar refractivity (Wildman–Crippen MR) is 94.1 cm³/mol. The summed E-state index contributed by atoms with van der Waals surface area (Å²) in [5.74, 6) is 0.873. The number of rotatable bonds is 4. The van der Waals surface area contributed by atoms with Crippen LogP contribution in [-0.4, -0.2) is 24.7 Å². The van der Waals surface area contributed by atoms with Gasteiger partial charge in [-0.3, -0.25) is 0 Å². The summed E-state index contributed by atoms with van der Waals surface area (Å²) in [4.78, 5) is 2.68. The Hall–Kier alpha value is -0.540. The molecule has 1 aromatic rings. The summed E-state index contributed by atoms with van der Waals surface area (Å²) in [5, 5.41) is 3.86. The summed E-state index contributed by atoms with van der Waals surface area (Å²) < 4.78 is 1.19. The van der Waals surface area contributed by atoms with Crippen molar-refractivity contribution in [2.45, 2.75) is 58.0 Å². The van der Waals surface area contributed by atoms with Gasteiger partial charge in [0.2, 0.25) is 0 Å². The zero-order valence-corrected chi connectivity index (χ0v) is 15.0. The maximum atomic E-state index is 3.86. The first-order valence-corrected chi connectivity index (χ1v) is 9.16. The van der Waals surface area contributed by atoms with Crippen LogP contribution in [0.1, 0.15) is 45.6 Å². The Labute approximate surface area is 137 Å². The van der Waals surface area contributed by atoms with Gasteiger partial charge in [-0.1, -0.05) is 29.8 Å². The molecule has 0 bridgehead atoms. The summed E-state index contributed by atoms with van der Waals surface area (Å²) in [6.07, 6.45) is 5.09. The van der Waals surface area contributed by atoms with E-state index in [4.69, 9.17) is 0 Å². The van der Waals surface area contributed by atoms with E-state index in [0.29, 0.717) is 11.6 Å². The largest absolute Gasteiger partial charge is 0.365 e. The van der Waals surface area contributed by atoms with Crippen molar-refractivity contribution >= 4 is 21.6 Å². The van der Waals surface area contributed by atoms with Crippen molar-refractivity contribution in [2.75, 3.05) is 18.0 Å². The third-order valence-corrected chi connectivity index (χ3v) is 5.86. The quantitative estimate of drug-likeness (QED) is 0.867. The molecule has 2 nitrogen and oxygen atoms in total. The average molecular weight is 351 g/mol. The van der Waals surface area contributed by atoms with E-state index < -0.39 is 0 Å². The number of hydrogen-bond donors (Lipinski definition) is 1. The summed E-state index contributed by atoms with van der Waals surface area (Å²) in [7, 11) is 0. The molecule has 0 radical (unpaired) electrons. The minimum atomic E-state index is 0.295. The van der Waals surface area contributed by atoms with E-state index in [-0.39, 0.29) is 0 Å². The smallest absolute Gasteiger partial charge is 0.0413 e. The van der Waals surface area contributed by atoms with Crippen molar-refractivity contribution in [3.05, 3.63) is 28.2 Å². The number of piperazine rings is 1. The van der Waals surface area contributed by atoms with Crippen LogP contribution in [0.4, 0.5) is 5.69 Å². The molecular weight excluding hydrogens is 324 g/mol. The molecule has 1 N–H and O–H groups in total. The summed E-state index contributed by atoms with van der Waals surface area (Å²) in [6.45, 7) is 9.25.